The standard InChI is InChI=1S/C19H28N2O5S/c1-13(2)12-14(3)20-18(22)15-8-10-21(11-9-15)27(25,26)17-6-4-16(5-7-17)19(23)24/h4-7,13-15H,8-12H2,1-3H3,(H,20,22)(H,23,24). The number of amides is 1. The minimum absolute atomic E-state index is 0.00832. The fourth-order valence-electron chi connectivity index (χ4n) is 3.40. The molecule has 0 bridgehead atoms. The van der Waals surface area contributed by atoms with Crippen molar-refractivity contribution in [3.63, 3.8) is 0 Å². The smallest absolute Gasteiger partial charge is 0.335 e. The van der Waals surface area contributed by atoms with Gasteiger partial charge in [0.25, 0.3) is 0 Å². The second-order valence-corrected chi connectivity index (χ2v) is 9.49. The summed E-state index contributed by atoms with van der Waals surface area (Å²) in [5.74, 6) is -0.788. The minimum atomic E-state index is -3.68. The topological polar surface area (TPSA) is 104 Å². The van der Waals surface area contributed by atoms with Gasteiger partial charge in [0.15, 0.2) is 0 Å². The molecule has 1 aromatic carbocycles. The Morgan fingerprint density at radius 3 is 2.19 bits per heavy atom. The number of rotatable bonds is 7. The summed E-state index contributed by atoms with van der Waals surface area (Å²) in [7, 11) is -3.68. The summed E-state index contributed by atoms with van der Waals surface area (Å²) in [5, 5.41) is 11.9. The van der Waals surface area contributed by atoms with Gasteiger partial charge in [0.05, 0.1) is 10.5 Å². The van der Waals surface area contributed by atoms with Crippen molar-refractivity contribution in [1.82, 2.24) is 9.62 Å². The molecule has 2 N–H and O–H groups in total. The maximum atomic E-state index is 12.7. The number of benzene rings is 1. The lowest BCUT2D eigenvalue weighted by atomic mass is 9.96. The van der Waals surface area contributed by atoms with Gasteiger partial charge in [-0.2, -0.15) is 4.31 Å². The normalized spacial score (nSPS) is 17.6. The van der Waals surface area contributed by atoms with Gasteiger partial charge in [-0.15, -0.1) is 0 Å². The van der Waals surface area contributed by atoms with Gasteiger partial charge in [-0.25, -0.2) is 13.2 Å². The van der Waals surface area contributed by atoms with Gasteiger partial charge in [0, 0.05) is 25.0 Å². The van der Waals surface area contributed by atoms with Gasteiger partial charge in [0.2, 0.25) is 15.9 Å². The number of hydrogen-bond acceptors (Lipinski definition) is 4. The monoisotopic (exact) mass is 396 g/mol. The van der Waals surface area contributed by atoms with Gasteiger partial charge in [-0.3, -0.25) is 4.79 Å². The molecule has 1 fully saturated rings. The van der Waals surface area contributed by atoms with E-state index in [1.54, 1.807) is 0 Å². The van der Waals surface area contributed by atoms with Crippen LogP contribution in [0.1, 0.15) is 50.4 Å². The van der Waals surface area contributed by atoms with Crippen molar-refractivity contribution >= 4 is 21.9 Å². The van der Waals surface area contributed by atoms with Crippen molar-refractivity contribution in [1.29, 1.82) is 0 Å². The van der Waals surface area contributed by atoms with Crippen LogP contribution in [-0.4, -0.2) is 48.8 Å². The largest absolute Gasteiger partial charge is 0.478 e. The molecule has 0 spiro atoms. The first kappa shape index (κ1) is 21.4. The van der Waals surface area contributed by atoms with Crippen LogP contribution in [0, 0.1) is 11.8 Å². The van der Waals surface area contributed by atoms with Crippen molar-refractivity contribution in [2.75, 3.05) is 13.1 Å². The maximum Gasteiger partial charge on any atom is 0.335 e. The number of nitrogens with zero attached hydrogens (tertiary/aromatic N) is 1. The quantitative estimate of drug-likeness (QED) is 0.736. The molecule has 0 saturated carbocycles. The van der Waals surface area contributed by atoms with Crippen LogP contribution in [-0.2, 0) is 14.8 Å². The maximum absolute atomic E-state index is 12.7. The number of aromatic carboxylic acids is 1. The number of carbonyl (C=O) groups is 2. The lowest BCUT2D eigenvalue weighted by Gasteiger charge is -2.31. The number of hydrogen-bond donors (Lipinski definition) is 2. The number of carboxylic acid groups (broad SMARTS) is 1. The molecule has 1 aromatic rings. The van der Waals surface area contributed by atoms with Crippen LogP contribution in [0.25, 0.3) is 0 Å². The van der Waals surface area contributed by atoms with Crippen LogP contribution < -0.4 is 5.32 Å². The first-order valence-corrected chi connectivity index (χ1v) is 10.7. The highest BCUT2D eigenvalue weighted by molar-refractivity contribution is 7.89. The molecule has 1 aliphatic rings. The number of piperidine rings is 1. The zero-order chi connectivity index (χ0) is 20.2. The zero-order valence-electron chi connectivity index (χ0n) is 16.0. The molecular weight excluding hydrogens is 368 g/mol. The fourth-order valence-corrected chi connectivity index (χ4v) is 4.87. The SMILES string of the molecule is CC(C)CC(C)NC(=O)C1CCN(S(=O)(=O)c2ccc(C(=O)O)cc2)CC1. The molecule has 1 saturated heterocycles. The van der Waals surface area contributed by atoms with E-state index in [0.717, 1.165) is 6.42 Å². The van der Waals surface area contributed by atoms with Crippen LogP contribution in [0.5, 0.6) is 0 Å². The number of sulfonamides is 1. The Morgan fingerprint density at radius 1 is 1.15 bits per heavy atom. The van der Waals surface area contributed by atoms with Crippen LogP contribution in [0.2, 0.25) is 0 Å². The Labute approximate surface area is 160 Å². The van der Waals surface area contributed by atoms with Gasteiger partial charge >= 0.3 is 5.97 Å². The Balaban J connectivity index is 1.95. The Morgan fingerprint density at radius 2 is 1.70 bits per heavy atom. The average molecular weight is 397 g/mol. The first-order chi connectivity index (χ1) is 12.6. The second kappa shape index (κ2) is 8.84. The Bertz CT molecular complexity index is 766. The predicted molar refractivity (Wildman–Crippen MR) is 102 cm³/mol. The van der Waals surface area contributed by atoms with E-state index in [4.69, 9.17) is 5.11 Å². The average Bonchev–Trinajstić information content (AvgIpc) is 2.61. The molecular formula is C19H28N2O5S. The van der Waals surface area contributed by atoms with Crippen LogP contribution in [0.4, 0.5) is 0 Å². The summed E-state index contributed by atoms with van der Waals surface area (Å²) in [6, 6.07) is 5.29. The second-order valence-electron chi connectivity index (χ2n) is 7.55. The summed E-state index contributed by atoms with van der Waals surface area (Å²) in [5.41, 5.74) is 0.0415. The number of nitrogens with one attached hydrogen (secondary N) is 1. The molecule has 1 heterocycles. The first-order valence-electron chi connectivity index (χ1n) is 9.25. The van der Waals surface area contributed by atoms with E-state index in [9.17, 15) is 18.0 Å². The molecule has 27 heavy (non-hydrogen) atoms. The lowest BCUT2D eigenvalue weighted by molar-refractivity contribution is -0.126. The van der Waals surface area contributed by atoms with E-state index in [0.29, 0.717) is 18.8 Å². The van der Waals surface area contributed by atoms with E-state index >= 15 is 0 Å². The molecule has 1 amide bonds. The lowest BCUT2D eigenvalue weighted by Crippen LogP contribution is -2.45. The summed E-state index contributed by atoms with van der Waals surface area (Å²) < 4.78 is 26.8. The molecule has 7 nitrogen and oxygen atoms in total. The summed E-state index contributed by atoms with van der Waals surface area (Å²) >= 11 is 0. The Kier molecular flexibility index (Phi) is 7.00. The van der Waals surface area contributed by atoms with Crippen molar-refractivity contribution in [3.8, 4) is 0 Å². The molecule has 0 radical (unpaired) electrons. The third-order valence-electron chi connectivity index (χ3n) is 4.78. The molecule has 150 valence electrons. The molecule has 1 atom stereocenters. The fraction of sp³-hybridized carbons (Fsp3) is 0.579. The van der Waals surface area contributed by atoms with E-state index in [1.807, 2.05) is 6.92 Å². The predicted octanol–water partition coefficient (Wildman–Crippen LogP) is 2.34. The minimum Gasteiger partial charge on any atom is -0.478 e. The third kappa shape index (κ3) is 5.52. The van der Waals surface area contributed by atoms with E-state index < -0.39 is 16.0 Å². The van der Waals surface area contributed by atoms with E-state index in [1.165, 1.54) is 28.6 Å². The van der Waals surface area contributed by atoms with Crippen LogP contribution in [0.15, 0.2) is 29.2 Å². The van der Waals surface area contributed by atoms with E-state index in [2.05, 4.69) is 19.2 Å². The van der Waals surface area contributed by atoms with Crippen molar-refractivity contribution in [2.24, 2.45) is 11.8 Å². The molecule has 0 aliphatic carbocycles. The third-order valence-corrected chi connectivity index (χ3v) is 6.69. The molecule has 8 heteroatoms. The molecule has 0 aromatic heterocycles. The van der Waals surface area contributed by atoms with Crippen LogP contribution in [0.3, 0.4) is 0 Å². The number of carboxylic acids is 1. The molecule has 1 aliphatic heterocycles. The highest BCUT2D eigenvalue weighted by Gasteiger charge is 2.32. The van der Waals surface area contributed by atoms with Gasteiger partial charge < -0.3 is 10.4 Å². The van der Waals surface area contributed by atoms with Crippen LogP contribution >= 0.6 is 0 Å². The van der Waals surface area contributed by atoms with Crippen molar-refractivity contribution < 1.29 is 23.1 Å². The summed E-state index contributed by atoms with van der Waals surface area (Å²) in [6.07, 6.45) is 1.87. The summed E-state index contributed by atoms with van der Waals surface area (Å²) in [4.78, 5) is 23.4. The molecule has 1 unspecified atom stereocenters. The van der Waals surface area contributed by atoms with Gasteiger partial charge in [0.1, 0.15) is 0 Å². The highest BCUT2D eigenvalue weighted by Crippen LogP contribution is 2.24. The number of carbonyl (C=O) groups excluding carboxylic acids is 1. The highest BCUT2D eigenvalue weighted by atomic mass is 32.2. The zero-order valence-corrected chi connectivity index (χ0v) is 16.8. The van der Waals surface area contributed by atoms with E-state index in [-0.39, 0.29) is 41.4 Å². The van der Waals surface area contributed by atoms with Gasteiger partial charge in [-0.05, 0) is 56.4 Å². The van der Waals surface area contributed by atoms with Gasteiger partial charge in [-0.1, -0.05) is 13.8 Å². The van der Waals surface area contributed by atoms with Crippen molar-refractivity contribution in [2.45, 2.75) is 51.0 Å². The van der Waals surface area contributed by atoms with Crippen molar-refractivity contribution in [3.05, 3.63) is 29.8 Å². The Hall–Kier alpha value is -1.93. The summed E-state index contributed by atoms with van der Waals surface area (Å²) in [6.45, 7) is 6.75. The molecule has 2 rings (SSSR count).